The molecule has 0 fully saturated rings. The maximum atomic E-state index is 5.38. The Kier molecular flexibility index (Phi) is 3.57. The van der Waals surface area contributed by atoms with Crippen LogP contribution in [0.3, 0.4) is 0 Å². The van der Waals surface area contributed by atoms with Gasteiger partial charge in [0.25, 0.3) is 0 Å². The predicted molar refractivity (Wildman–Crippen MR) is 81.4 cm³/mol. The number of hydrogen-bond donors (Lipinski definition) is 1. The molecule has 6 nitrogen and oxygen atoms in total. The number of hydrogen-bond acceptors (Lipinski definition) is 5. The smallest absolute Gasteiger partial charge is 0.242 e. The first-order valence-corrected chi connectivity index (χ1v) is 6.75. The van der Waals surface area contributed by atoms with Gasteiger partial charge in [0.2, 0.25) is 5.88 Å². The number of H-pyrrole nitrogens is 1. The van der Waals surface area contributed by atoms with Crippen molar-refractivity contribution in [2.45, 2.75) is 6.54 Å². The summed E-state index contributed by atoms with van der Waals surface area (Å²) in [5.74, 6) is 1.29. The molecule has 3 aromatic rings. The third kappa shape index (κ3) is 2.36. The largest absolute Gasteiger partial charge is 0.496 e. The van der Waals surface area contributed by atoms with Gasteiger partial charge in [-0.05, 0) is 18.3 Å². The van der Waals surface area contributed by atoms with Crippen molar-refractivity contribution in [3.8, 4) is 11.6 Å². The van der Waals surface area contributed by atoms with Gasteiger partial charge in [0.05, 0.1) is 20.8 Å². The number of imidazole rings is 1. The van der Waals surface area contributed by atoms with Crippen LogP contribution in [0, 0.1) is 4.77 Å². The molecule has 108 valence electrons. The predicted octanol–water partition coefficient (Wildman–Crippen LogP) is 2.55. The van der Waals surface area contributed by atoms with Gasteiger partial charge in [-0.3, -0.25) is 4.57 Å². The molecule has 0 atom stereocenters. The summed E-state index contributed by atoms with van der Waals surface area (Å²) in [4.78, 5) is 11.5. The van der Waals surface area contributed by atoms with E-state index in [-0.39, 0.29) is 0 Å². The molecule has 0 saturated heterocycles. The van der Waals surface area contributed by atoms with E-state index in [0.717, 1.165) is 11.3 Å². The van der Waals surface area contributed by atoms with Gasteiger partial charge in [0, 0.05) is 5.56 Å². The molecule has 0 unspecified atom stereocenters. The Balaban J connectivity index is 2.13. The van der Waals surface area contributed by atoms with Crippen molar-refractivity contribution in [1.29, 1.82) is 0 Å². The minimum absolute atomic E-state index is 0.477. The van der Waals surface area contributed by atoms with Gasteiger partial charge < -0.3 is 14.5 Å². The Hall–Kier alpha value is -2.41. The molecule has 0 aliphatic heterocycles. The SMILES string of the molecule is COc1ccccc1Cn1c(=S)[nH]c2c(OC)ncnc21. The summed E-state index contributed by atoms with van der Waals surface area (Å²) in [6.07, 6.45) is 1.46. The first-order valence-electron chi connectivity index (χ1n) is 6.34. The van der Waals surface area contributed by atoms with Crippen molar-refractivity contribution in [3.05, 3.63) is 40.9 Å². The number of ether oxygens (including phenoxy) is 2. The standard InChI is InChI=1S/C14H14N4O2S/c1-19-10-6-4-3-5-9(10)7-18-12-11(17-14(18)21)13(20-2)16-8-15-12/h3-6,8H,7H2,1-2H3,(H,17,21). The average Bonchev–Trinajstić information content (AvgIpc) is 2.84. The van der Waals surface area contributed by atoms with Crippen molar-refractivity contribution in [3.63, 3.8) is 0 Å². The second-order valence-corrected chi connectivity index (χ2v) is 4.80. The van der Waals surface area contributed by atoms with Crippen molar-refractivity contribution in [2.75, 3.05) is 14.2 Å². The number of fused-ring (bicyclic) bond motifs is 1. The number of nitrogens with one attached hydrogen (secondary N) is 1. The van der Waals surface area contributed by atoms with E-state index >= 15 is 0 Å². The van der Waals surface area contributed by atoms with E-state index in [1.807, 2.05) is 28.8 Å². The van der Waals surface area contributed by atoms with Crippen LogP contribution in [-0.2, 0) is 6.54 Å². The summed E-state index contributed by atoms with van der Waals surface area (Å²) in [7, 11) is 3.22. The molecule has 0 radical (unpaired) electrons. The fraction of sp³-hybridized carbons (Fsp3) is 0.214. The second kappa shape index (κ2) is 5.53. The van der Waals surface area contributed by atoms with E-state index in [9.17, 15) is 0 Å². The van der Waals surface area contributed by atoms with Gasteiger partial charge in [0.1, 0.15) is 17.6 Å². The Morgan fingerprint density at radius 3 is 2.76 bits per heavy atom. The summed E-state index contributed by atoms with van der Waals surface area (Å²) >= 11 is 5.38. The van der Waals surface area contributed by atoms with Gasteiger partial charge >= 0.3 is 0 Å². The third-order valence-electron chi connectivity index (χ3n) is 3.24. The summed E-state index contributed by atoms with van der Waals surface area (Å²) in [5, 5.41) is 0. The van der Waals surface area contributed by atoms with Crippen LogP contribution in [-0.4, -0.2) is 33.7 Å². The van der Waals surface area contributed by atoms with E-state index in [2.05, 4.69) is 15.0 Å². The van der Waals surface area contributed by atoms with Gasteiger partial charge in [-0.2, -0.15) is 4.98 Å². The zero-order valence-corrected chi connectivity index (χ0v) is 12.5. The van der Waals surface area contributed by atoms with Crippen LogP contribution in [0.2, 0.25) is 0 Å². The van der Waals surface area contributed by atoms with Crippen LogP contribution in [0.15, 0.2) is 30.6 Å². The van der Waals surface area contributed by atoms with Crippen LogP contribution in [0.4, 0.5) is 0 Å². The van der Waals surface area contributed by atoms with E-state index in [4.69, 9.17) is 21.7 Å². The minimum Gasteiger partial charge on any atom is -0.496 e. The molecular formula is C14H14N4O2S. The number of rotatable bonds is 4. The van der Waals surface area contributed by atoms with Crippen molar-refractivity contribution in [2.24, 2.45) is 0 Å². The molecule has 1 aromatic carbocycles. The molecular weight excluding hydrogens is 288 g/mol. The van der Waals surface area contributed by atoms with Crippen molar-refractivity contribution >= 4 is 23.4 Å². The molecule has 0 amide bonds. The molecule has 0 saturated carbocycles. The van der Waals surface area contributed by atoms with Crippen molar-refractivity contribution in [1.82, 2.24) is 19.5 Å². The molecule has 3 rings (SSSR count). The fourth-order valence-electron chi connectivity index (χ4n) is 2.25. The van der Waals surface area contributed by atoms with Crippen LogP contribution in [0.25, 0.3) is 11.2 Å². The van der Waals surface area contributed by atoms with Crippen LogP contribution in [0.5, 0.6) is 11.6 Å². The normalized spacial score (nSPS) is 10.8. The number of benzene rings is 1. The highest BCUT2D eigenvalue weighted by Gasteiger charge is 2.13. The van der Waals surface area contributed by atoms with Gasteiger partial charge in [0.15, 0.2) is 10.4 Å². The molecule has 2 aromatic heterocycles. The number of methoxy groups -OCH3 is 2. The maximum absolute atomic E-state index is 5.38. The van der Waals surface area contributed by atoms with E-state index in [1.54, 1.807) is 14.2 Å². The molecule has 0 bridgehead atoms. The highest BCUT2D eigenvalue weighted by Crippen LogP contribution is 2.23. The Morgan fingerprint density at radius 2 is 2.00 bits per heavy atom. The van der Waals surface area contributed by atoms with Crippen LogP contribution >= 0.6 is 12.2 Å². The fourth-order valence-corrected chi connectivity index (χ4v) is 2.50. The molecule has 0 aliphatic carbocycles. The zero-order valence-electron chi connectivity index (χ0n) is 11.7. The molecule has 0 spiro atoms. The topological polar surface area (TPSA) is 65.0 Å². The lowest BCUT2D eigenvalue weighted by Gasteiger charge is -2.09. The highest BCUT2D eigenvalue weighted by molar-refractivity contribution is 7.71. The van der Waals surface area contributed by atoms with E-state index in [0.29, 0.717) is 28.4 Å². The lowest BCUT2D eigenvalue weighted by atomic mass is 10.2. The summed E-state index contributed by atoms with van der Waals surface area (Å²) in [5.41, 5.74) is 2.42. The lowest BCUT2D eigenvalue weighted by Crippen LogP contribution is -2.03. The van der Waals surface area contributed by atoms with Gasteiger partial charge in [-0.1, -0.05) is 18.2 Å². The molecule has 0 aliphatic rings. The monoisotopic (exact) mass is 302 g/mol. The average molecular weight is 302 g/mol. The summed E-state index contributed by atoms with van der Waals surface area (Å²) in [6, 6.07) is 7.81. The third-order valence-corrected chi connectivity index (χ3v) is 3.56. The Morgan fingerprint density at radius 1 is 1.19 bits per heavy atom. The number of aromatic nitrogens is 4. The lowest BCUT2D eigenvalue weighted by molar-refractivity contribution is 0.401. The van der Waals surface area contributed by atoms with Crippen LogP contribution < -0.4 is 9.47 Å². The summed E-state index contributed by atoms with van der Waals surface area (Å²) < 4.78 is 13.1. The number of para-hydroxylation sites is 1. The van der Waals surface area contributed by atoms with Crippen molar-refractivity contribution < 1.29 is 9.47 Å². The van der Waals surface area contributed by atoms with Gasteiger partial charge in [-0.25, -0.2) is 4.98 Å². The summed E-state index contributed by atoms with van der Waals surface area (Å²) in [6.45, 7) is 0.559. The second-order valence-electron chi connectivity index (χ2n) is 4.41. The van der Waals surface area contributed by atoms with E-state index < -0.39 is 0 Å². The minimum atomic E-state index is 0.477. The van der Waals surface area contributed by atoms with E-state index in [1.165, 1.54) is 6.33 Å². The first kappa shape index (κ1) is 13.6. The first-order chi connectivity index (χ1) is 10.2. The highest BCUT2D eigenvalue weighted by atomic mass is 32.1. The molecule has 7 heteroatoms. The molecule has 21 heavy (non-hydrogen) atoms. The Labute approximate surface area is 126 Å². The zero-order chi connectivity index (χ0) is 14.8. The maximum Gasteiger partial charge on any atom is 0.242 e. The Bertz CT molecular complexity index is 840. The molecule has 2 heterocycles. The quantitative estimate of drug-likeness (QED) is 0.750. The number of nitrogens with zero attached hydrogens (tertiary/aromatic N) is 3. The van der Waals surface area contributed by atoms with Crippen LogP contribution in [0.1, 0.15) is 5.56 Å². The molecule has 1 N–H and O–H groups in total. The van der Waals surface area contributed by atoms with Gasteiger partial charge in [-0.15, -0.1) is 0 Å². The number of aromatic amines is 1.